The quantitative estimate of drug-likeness (QED) is 0.734. The van der Waals surface area contributed by atoms with Crippen LogP contribution in [0.15, 0.2) is 48.5 Å². The Hall–Kier alpha value is -3.68. The van der Waals surface area contributed by atoms with Crippen LogP contribution in [0.5, 0.6) is 5.75 Å². The molecule has 8 nitrogen and oxygen atoms in total. The minimum atomic E-state index is -0.386. The van der Waals surface area contributed by atoms with Gasteiger partial charge < -0.3 is 15.0 Å². The predicted molar refractivity (Wildman–Crippen MR) is 108 cm³/mol. The van der Waals surface area contributed by atoms with Crippen molar-refractivity contribution in [2.75, 3.05) is 25.1 Å². The lowest BCUT2D eigenvalue weighted by atomic mass is 10.1. The van der Waals surface area contributed by atoms with E-state index in [1.807, 2.05) is 6.07 Å². The highest BCUT2D eigenvalue weighted by Crippen LogP contribution is 2.26. The summed E-state index contributed by atoms with van der Waals surface area (Å²) < 4.78 is 5.20. The zero-order chi connectivity index (χ0) is 21.3. The molecule has 1 saturated heterocycles. The van der Waals surface area contributed by atoms with Gasteiger partial charge in [-0.15, -0.1) is 0 Å². The monoisotopic (exact) mass is 407 g/mol. The lowest BCUT2D eigenvalue weighted by molar-refractivity contribution is -0.121. The van der Waals surface area contributed by atoms with Gasteiger partial charge in [0.2, 0.25) is 11.8 Å². The minimum absolute atomic E-state index is 0.00154. The molecule has 2 aliphatic heterocycles. The summed E-state index contributed by atoms with van der Waals surface area (Å²) in [6.07, 6.45) is 0.172. The van der Waals surface area contributed by atoms with Crippen LogP contribution in [0.4, 0.5) is 5.69 Å². The molecule has 1 fully saturated rings. The van der Waals surface area contributed by atoms with E-state index < -0.39 is 0 Å². The van der Waals surface area contributed by atoms with Crippen LogP contribution in [0.1, 0.15) is 33.6 Å². The standard InChI is InChI=1S/C22H21N3O5/c1-30-16-6-4-5-15(12-16)25-13-14(11-20(25)27)23-19(26)9-10-24-21(28)17-7-2-3-8-18(17)22(24)29/h2-8,12,14H,9-11,13H2,1H3,(H,23,26)/t14-/m1/s1. The first-order valence-corrected chi connectivity index (χ1v) is 9.67. The molecule has 2 aromatic rings. The number of imide groups is 1. The number of nitrogens with one attached hydrogen (secondary N) is 1. The molecular formula is C22H21N3O5. The largest absolute Gasteiger partial charge is 0.497 e. The molecule has 1 N–H and O–H groups in total. The van der Waals surface area contributed by atoms with Gasteiger partial charge in [0.15, 0.2) is 0 Å². The van der Waals surface area contributed by atoms with E-state index in [0.717, 1.165) is 4.90 Å². The third-order valence-corrected chi connectivity index (χ3v) is 5.30. The second-order valence-electron chi connectivity index (χ2n) is 7.23. The number of benzene rings is 2. The fraction of sp³-hybridized carbons (Fsp3) is 0.273. The number of methoxy groups -OCH3 is 1. The number of amides is 4. The van der Waals surface area contributed by atoms with Crippen LogP contribution in [0.2, 0.25) is 0 Å². The van der Waals surface area contributed by atoms with Crippen LogP contribution in [-0.2, 0) is 9.59 Å². The van der Waals surface area contributed by atoms with Crippen molar-refractivity contribution in [1.29, 1.82) is 0 Å². The van der Waals surface area contributed by atoms with Crippen LogP contribution in [-0.4, -0.2) is 54.8 Å². The molecule has 4 amide bonds. The molecule has 30 heavy (non-hydrogen) atoms. The van der Waals surface area contributed by atoms with E-state index in [2.05, 4.69) is 5.32 Å². The Morgan fingerprint density at radius 2 is 1.77 bits per heavy atom. The molecule has 1 atom stereocenters. The zero-order valence-electron chi connectivity index (χ0n) is 16.5. The van der Waals surface area contributed by atoms with Gasteiger partial charge in [0.1, 0.15) is 5.75 Å². The molecule has 0 spiro atoms. The van der Waals surface area contributed by atoms with Gasteiger partial charge in [0.25, 0.3) is 11.8 Å². The van der Waals surface area contributed by atoms with E-state index in [9.17, 15) is 19.2 Å². The normalized spacial score (nSPS) is 18.0. The third-order valence-electron chi connectivity index (χ3n) is 5.30. The summed E-state index contributed by atoms with van der Waals surface area (Å²) in [6, 6.07) is 13.4. The maximum Gasteiger partial charge on any atom is 0.261 e. The van der Waals surface area contributed by atoms with E-state index >= 15 is 0 Å². The molecule has 0 bridgehead atoms. The maximum absolute atomic E-state index is 12.4. The summed E-state index contributed by atoms with van der Waals surface area (Å²) >= 11 is 0. The molecule has 2 heterocycles. The Labute approximate surface area is 173 Å². The number of anilines is 1. The Morgan fingerprint density at radius 1 is 1.07 bits per heavy atom. The molecule has 4 rings (SSSR count). The maximum atomic E-state index is 12.4. The molecule has 0 aromatic heterocycles. The molecule has 8 heteroatoms. The smallest absolute Gasteiger partial charge is 0.261 e. The molecule has 0 radical (unpaired) electrons. The van der Waals surface area contributed by atoms with Crippen molar-refractivity contribution >= 4 is 29.3 Å². The number of carbonyl (C=O) groups excluding carboxylic acids is 4. The van der Waals surface area contributed by atoms with E-state index in [1.165, 1.54) is 0 Å². The van der Waals surface area contributed by atoms with Gasteiger partial charge in [-0.3, -0.25) is 24.1 Å². The van der Waals surface area contributed by atoms with Crippen molar-refractivity contribution in [2.24, 2.45) is 0 Å². The first-order chi connectivity index (χ1) is 14.5. The van der Waals surface area contributed by atoms with Crippen LogP contribution in [0, 0.1) is 0 Å². The van der Waals surface area contributed by atoms with Crippen molar-refractivity contribution in [3.63, 3.8) is 0 Å². The third kappa shape index (κ3) is 3.63. The Balaban J connectivity index is 1.32. The van der Waals surface area contributed by atoms with Crippen molar-refractivity contribution in [1.82, 2.24) is 10.2 Å². The van der Waals surface area contributed by atoms with Gasteiger partial charge in [0.05, 0.1) is 24.3 Å². The zero-order valence-corrected chi connectivity index (χ0v) is 16.5. The summed E-state index contributed by atoms with van der Waals surface area (Å²) in [5, 5.41) is 2.83. The Bertz CT molecular complexity index is 1000. The second kappa shape index (κ2) is 7.98. The van der Waals surface area contributed by atoms with Crippen molar-refractivity contribution < 1.29 is 23.9 Å². The van der Waals surface area contributed by atoms with Gasteiger partial charge in [-0.25, -0.2) is 0 Å². The number of hydrogen-bond acceptors (Lipinski definition) is 5. The molecule has 0 aliphatic carbocycles. The first kappa shape index (κ1) is 19.6. The average Bonchev–Trinajstić information content (AvgIpc) is 3.24. The lowest BCUT2D eigenvalue weighted by Gasteiger charge is -2.18. The van der Waals surface area contributed by atoms with E-state index in [0.29, 0.717) is 29.1 Å². The van der Waals surface area contributed by atoms with Gasteiger partial charge in [0, 0.05) is 37.7 Å². The highest BCUT2D eigenvalue weighted by atomic mass is 16.5. The summed E-state index contributed by atoms with van der Waals surface area (Å²) in [5.41, 5.74) is 1.43. The molecule has 0 saturated carbocycles. The molecule has 154 valence electrons. The average molecular weight is 407 g/mol. The van der Waals surface area contributed by atoms with Crippen molar-refractivity contribution in [3.8, 4) is 5.75 Å². The van der Waals surface area contributed by atoms with Gasteiger partial charge in [-0.05, 0) is 24.3 Å². The fourth-order valence-electron chi connectivity index (χ4n) is 3.79. The van der Waals surface area contributed by atoms with E-state index in [1.54, 1.807) is 54.5 Å². The van der Waals surface area contributed by atoms with Crippen molar-refractivity contribution in [2.45, 2.75) is 18.9 Å². The molecular weight excluding hydrogens is 386 g/mol. The van der Waals surface area contributed by atoms with Gasteiger partial charge in [-0.1, -0.05) is 18.2 Å². The van der Waals surface area contributed by atoms with Gasteiger partial charge >= 0.3 is 0 Å². The van der Waals surface area contributed by atoms with E-state index in [-0.39, 0.29) is 49.1 Å². The Morgan fingerprint density at radius 3 is 2.43 bits per heavy atom. The summed E-state index contributed by atoms with van der Waals surface area (Å²) in [7, 11) is 1.56. The highest BCUT2D eigenvalue weighted by molar-refractivity contribution is 6.21. The SMILES string of the molecule is COc1cccc(N2C[C@H](NC(=O)CCN3C(=O)c4ccccc4C3=O)CC2=O)c1. The number of carbonyl (C=O) groups is 4. The molecule has 2 aromatic carbocycles. The summed E-state index contributed by atoms with van der Waals surface area (Å²) in [4.78, 5) is 52.2. The van der Waals surface area contributed by atoms with Gasteiger partial charge in [-0.2, -0.15) is 0 Å². The van der Waals surface area contributed by atoms with Crippen LogP contribution in [0.25, 0.3) is 0 Å². The molecule has 0 unspecified atom stereocenters. The fourth-order valence-corrected chi connectivity index (χ4v) is 3.79. The summed E-state index contributed by atoms with van der Waals surface area (Å²) in [6.45, 7) is 0.350. The number of fused-ring (bicyclic) bond motifs is 1. The number of ether oxygens (including phenoxy) is 1. The molecule has 2 aliphatic rings. The van der Waals surface area contributed by atoms with Crippen LogP contribution in [0.3, 0.4) is 0 Å². The summed E-state index contributed by atoms with van der Waals surface area (Å²) in [5.74, 6) is -0.522. The predicted octanol–water partition coefficient (Wildman–Crippen LogP) is 1.60. The number of rotatable bonds is 6. The highest BCUT2D eigenvalue weighted by Gasteiger charge is 2.36. The Kier molecular flexibility index (Phi) is 5.22. The lowest BCUT2D eigenvalue weighted by Crippen LogP contribution is -2.40. The second-order valence-corrected chi connectivity index (χ2v) is 7.23. The first-order valence-electron chi connectivity index (χ1n) is 9.67. The van der Waals surface area contributed by atoms with Crippen LogP contribution < -0.4 is 15.0 Å². The van der Waals surface area contributed by atoms with E-state index in [4.69, 9.17) is 4.74 Å². The number of nitrogens with zero attached hydrogens (tertiary/aromatic N) is 2. The topological polar surface area (TPSA) is 96.0 Å². The number of hydrogen-bond donors (Lipinski definition) is 1. The van der Waals surface area contributed by atoms with Crippen LogP contribution >= 0.6 is 0 Å². The van der Waals surface area contributed by atoms with Crippen molar-refractivity contribution in [3.05, 3.63) is 59.7 Å². The minimum Gasteiger partial charge on any atom is -0.497 e.